The molecule has 0 saturated heterocycles. The number of hydrogen-bond acceptors (Lipinski definition) is 5. The molecule has 6 nitrogen and oxygen atoms in total. The molecule has 2 aromatic rings. The summed E-state index contributed by atoms with van der Waals surface area (Å²) in [6.07, 6.45) is 0.747. The van der Waals surface area contributed by atoms with Crippen LogP contribution < -0.4 is 14.8 Å². The normalized spacial score (nSPS) is 12.8. The van der Waals surface area contributed by atoms with Crippen molar-refractivity contribution in [2.75, 3.05) is 25.1 Å². The van der Waals surface area contributed by atoms with Gasteiger partial charge in [-0.05, 0) is 29.8 Å². The van der Waals surface area contributed by atoms with E-state index >= 15 is 0 Å². The Balaban J connectivity index is 1.50. The average Bonchev–Trinajstić information content (AvgIpc) is 2.87. The first-order chi connectivity index (χ1) is 13.0. The second kappa shape index (κ2) is 8.97. The van der Waals surface area contributed by atoms with Gasteiger partial charge in [-0.25, -0.2) is 0 Å². The van der Waals surface area contributed by atoms with Crippen LogP contribution in [0.2, 0.25) is 10.0 Å². The lowest BCUT2D eigenvalue weighted by Crippen LogP contribution is -2.21. The maximum atomic E-state index is 12.0. The van der Waals surface area contributed by atoms with Gasteiger partial charge in [0.25, 0.3) is 5.91 Å². The minimum atomic E-state index is -0.562. The maximum Gasteiger partial charge on any atom is 0.310 e. The number of rotatable bonds is 5. The third-order valence-corrected chi connectivity index (χ3v) is 4.33. The number of amides is 1. The van der Waals surface area contributed by atoms with E-state index in [2.05, 4.69) is 5.32 Å². The summed E-state index contributed by atoms with van der Waals surface area (Å²) in [7, 11) is 0. The van der Waals surface area contributed by atoms with E-state index in [4.69, 9.17) is 37.4 Å². The van der Waals surface area contributed by atoms with Crippen LogP contribution in [0.15, 0.2) is 36.4 Å². The van der Waals surface area contributed by atoms with Crippen LogP contribution in [0, 0.1) is 0 Å². The van der Waals surface area contributed by atoms with Crippen LogP contribution in [0.3, 0.4) is 0 Å². The maximum absolute atomic E-state index is 12.0. The van der Waals surface area contributed by atoms with Gasteiger partial charge in [-0.2, -0.15) is 0 Å². The minimum Gasteiger partial charge on any atom is -0.490 e. The molecule has 0 atom stereocenters. The fourth-order valence-corrected chi connectivity index (χ4v) is 2.93. The number of ether oxygens (including phenoxy) is 3. The quantitative estimate of drug-likeness (QED) is 0.758. The molecular formula is C19H17Cl2NO5. The number of nitrogens with one attached hydrogen (secondary N) is 1. The Kier molecular flexibility index (Phi) is 6.42. The fourth-order valence-electron chi connectivity index (χ4n) is 2.46. The number of halogens is 2. The van der Waals surface area contributed by atoms with Gasteiger partial charge in [0.15, 0.2) is 18.1 Å². The third kappa shape index (κ3) is 5.52. The van der Waals surface area contributed by atoms with Crippen molar-refractivity contribution in [2.45, 2.75) is 12.8 Å². The summed E-state index contributed by atoms with van der Waals surface area (Å²) in [5.41, 5.74) is 1.11. The van der Waals surface area contributed by atoms with Gasteiger partial charge in [0.1, 0.15) is 0 Å². The molecule has 0 unspecified atom stereocenters. The number of benzene rings is 2. The number of esters is 1. The first-order valence-electron chi connectivity index (χ1n) is 8.30. The summed E-state index contributed by atoms with van der Waals surface area (Å²) in [4.78, 5) is 23.9. The van der Waals surface area contributed by atoms with Crippen molar-refractivity contribution in [3.8, 4) is 11.5 Å². The molecule has 0 saturated carbocycles. The standard InChI is InChI=1S/C19H17Cl2NO5/c20-13-3-2-12(15(21)9-13)8-19(24)27-11-18(23)22-14-4-5-16-17(10-14)26-7-1-6-25-16/h2-5,9-10H,1,6-8,11H2,(H,22,23). The van der Waals surface area contributed by atoms with E-state index in [9.17, 15) is 9.59 Å². The molecule has 142 valence electrons. The Bertz CT molecular complexity index is 856. The third-order valence-electron chi connectivity index (χ3n) is 3.75. The number of carbonyl (C=O) groups excluding carboxylic acids is 2. The lowest BCUT2D eigenvalue weighted by molar-refractivity contribution is -0.146. The number of hydrogen-bond donors (Lipinski definition) is 1. The van der Waals surface area contributed by atoms with Crippen molar-refractivity contribution in [3.63, 3.8) is 0 Å². The van der Waals surface area contributed by atoms with Crippen LogP contribution in [0.4, 0.5) is 5.69 Å². The summed E-state index contributed by atoms with van der Waals surface area (Å²) >= 11 is 11.8. The zero-order chi connectivity index (χ0) is 19.2. The van der Waals surface area contributed by atoms with Crippen molar-refractivity contribution >= 4 is 40.8 Å². The second-order valence-corrected chi connectivity index (χ2v) is 6.68. The predicted octanol–water partition coefficient (Wildman–Crippen LogP) is 3.88. The summed E-state index contributed by atoms with van der Waals surface area (Å²) < 4.78 is 16.1. The summed E-state index contributed by atoms with van der Waals surface area (Å²) in [6, 6.07) is 9.92. The fraction of sp³-hybridized carbons (Fsp3) is 0.263. The van der Waals surface area contributed by atoms with E-state index < -0.39 is 18.5 Å². The highest BCUT2D eigenvalue weighted by molar-refractivity contribution is 6.35. The van der Waals surface area contributed by atoms with E-state index in [1.54, 1.807) is 36.4 Å². The van der Waals surface area contributed by atoms with E-state index in [-0.39, 0.29) is 6.42 Å². The van der Waals surface area contributed by atoms with Crippen LogP contribution in [0.5, 0.6) is 11.5 Å². The molecule has 1 heterocycles. The van der Waals surface area contributed by atoms with Crippen molar-refractivity contribution in [1.82, 2.24) is 0 Å². The molecule has 27 heavy (non-hydrogen) atoms. The SMILES string of the molecule is O=C(COC(=O)Cc1ccc(Cl)cc1Cl)Nc1ccc2c(c1)OCCCO2. The Morgan fingerprint density at radius 3 is 2.59 bits per heavy atom. The number of fused-ring (bicyclic) bond motifs is 1. The van der Waals surface area contributed by atoms with Gasteiger partial charge in [-0.3, -0.25) is 9.59 Å². The molecule has 0 spiro atoms. The van der Waals surface area contributed by atoms with Gasteiger partial charge >= 0.3 is 5.97 Å². The van der Waals surface area contributed by atoms with Crippen LogP contribution in [-0.4, -0.2) is 31.7 Å². The zero-order valence-corrected chi connectivity index (χ0v) is 15.8. The van der Waals surface area contributed by atoms with Gasteiger partial charge in [-0.1, -0.05) is 29.3 Å². The molecule has 1 aliphatic rings. The van der Waals surface area contributed by atoms with Gasteiger partial charge in [0.2, 0.25) is 0 Å². The molecule has 0 radical (unpaired) electrons. The molecule has 0 fully saturated rings. The molecule has 2 aromatic carbocycles. The topological polar surface area (TPSA) is 73.9 Å². The number of carbonyl (C=O) groups is 2. The zero-order valence-electron chi connectivity index (χ0n) is 14.3. The molecule has 1 aliphatic heterocycles. The second-order valence-electron chi connectivity index (χ2n) is 5.83. The van der Waals surface area contributed by atoms with Crippen molar-refractivity contribution < 1.29 is 23.8 Å². The van der Waals surface area contributed by atoms with Crippen molar-refractivity contribution in [3.05, 3.63) is 52.0 Å². The first-order valence-corrected chi connectivity index (χ1v) is 9.06. The Labute approximate surface area is 166 Å². The smallest absolute Gasteiger partial charge is 0.310 e. The first kappa shape index (κ1) is 19.3. The van der Waals surface area contributed by atoms with E-state index in [1.807, 2.05) is 0 Å². The van der Waals surface area contributed by atoms with Crippen molar-refractivity contribution in [1.29, 1.82) is 0 Å². The minimum absolute atomic E-state index is 0.0483. The molecule has 1 N–H and O–H groups in total. The van der Waals surface area contributed by atoms with Crippen molar-refractivity contribution in [2.24, 2.45) is 0 Å². The Morgan fingerprint density at radius 1 is 1.04 bits per heavy atom. The van der Waals surface area contributed by atoms with Gasteiger partial charge in [0.05, 0.1) is 19.6 Å². The van der Waals surface area contributed by atoms with Crippen LogP contribution >= 0.6 is 23.2 Å². The van der Waals surface area contributed by atoms with E-state index in [0.29, 0.717) is 46.0 Å². The highest BCUT2D eigenvalue weighted by Crippen LogP contribution is 2.32. The summed E-state index contributed by atoms with van der Waals surface area (Å²) in [5.74, 6) is 0.185. The highest BCUT2D eigenvalue weighted by Gasteiger charge is 2.14. The average molecular weight is 410 g/mol. The monoisotopic (exact) mass is 409 g/mol. The summed E-state index contributed by atoms with van der Waals surface area (Å²) in [6.45, 7) is 0.736. The van der Waals surface area contributed by atoms with Crippen LogP contribution in [-0.2, 0) is 20.7 Å². The molecule has 0 aliphatic carbocycles. The van der Waals surface area contributed by atoms with Gasteiger partial charge < -0.3 is 19.5 Å². The van der Waals surface area contributed by atoms with Gasteiger partial charge in [0, 0.05) is 28.2 Å². The Morgan fingerprint density at radius 2 is 1.81 bits per heavy atom. The molecule has 1 amide bonds. The molecule has 0 bridgehead atoms. The highest BCUT2D eigenvalue weighted by atomic mass is 35.5. The van der Waals surface area contributed by atoms with Crippen LogP contribution in [0.25, 0.3) is 0 Å². The largest absolute Gasteiger partial charge is 0.490 e. The molecule has 0 aromatic heterocycles. The lowest BCUT2D eigenvalue weighted by atomic mass is 10.1. The van der Waals surface area contributed by atoms with Crippen LogP contribution in [0.1, 0.15) is 12.0 Å². The molecular weight excluding hydrogens is 393 g/mol. The predicted molar refractivity (Wildman–Crippen MR) is 102 cm³/mol. The summed E-state index contributed by atoms with van der Waals surface area (Å²) in [5, 5.41) is 3.51. The molecule has 8 heteroatoms. The lowest BCUT2D eigenvalue weighted by Gasteiger charge is -2.11. The number of anilines is 1. The van der Waals surface area contributed by atoms with E-state index in [0.717, 1.165) is 6.42 Å². The molecule has 3 rings (SSSR count). The van der Waals surface area contributed by atoms with E-state index in [1.165, 1.54) is 0 Å². The Hall–Kier alpha value is -2.44. The van der Waals surface area contributed by atoms with Gasteiger partial charge in [-0.15, -0.1) is 0 Å².